The van der Waals surface area contributed by atoms with Gasteiger partial charge in [0.05, 0.1) is 0 Å². The molecule has 0 spiro atoms. The van der Waals surface area contributed by atoms with Crippen LogP contribution in [0.3, 0.4) is 0 Å². The summed E-state index contributed by atoms with van der Waals surface area (Å²) in [5, 5.41) is 1.62. The molecule has 0 bridgehead atoms. The highest BCUT2D eigenvalue weighted by atomic mass is 79.9. The lowest BCUT2D eigenvalue weighted by atomic mass is 10.1. The number of hydrogen-bond donors (Lipinski definition) is 0. The number of alkyl halides is 1. The Balaban J connectivity index is 3.04. The third-order valence-corrected chi connectivity index (χ3v) is 4.46. The van der Waals surface area contributed by atoms with Crippen molar-refractivity contribution in [3.05, 3.63) is 33.8 Å². The maximum Gasteiger partial charge on any atom is 0.254 e. The van der Waals surface area contributed by atoms with Gasteiger partial charge in [-0.15, -0.1) is 0 Å². The molecule has 0 atom stereocenters. The molecule has 0 unspecified atom stereocenters. The zero-order valence-corrected chi connectivity index (χ0v) is 13.0. The topological polar surface area (TPSA) is 20.3 Å². The summed E-state index contributed by atoms with van der Waals surface area (Å²) in [5.41, 5.74) is 0.227. The summed E-state index contributed by atoms with van der Waals surface area (Å²) >= 11 is 15.2. The normalized spacial score (nSPS) is 11.4. The van der Waals surface area contributed by atoms with Gasteiger partial charge in [0.1, 0.15) is 0 Å². The van der Waals surface area contributed by atoms with Gasteiger partial charge in [0.2, 0.25) is 0 Å². The molecule has 1 rings (SSSR count). The second-order valence-corrected chi connectivity index (χ2v) is 5.90. The van der Waals surface area contributed by atoms with Crippen LogP contribution in [0.5, 0.6) is 0 Å². The molecule has 1 amide bonds. The fourth-order valence-corrected chi connectivity index (χ4v) is 2.14. The van der Waals surface area contributed by atoms with Gasteiger partial charge in [-0.1, -0.05) is 39.1 Å². The zero-order chi connectivity index (χ0) is 13.2. The summed E-state index contributed by atoms with van der Waals surface area (Å²) in [4.78, 5) is 13.9. The van der Waals surface area contributed by atoms with Gasteiger partial charge in [-0.2, -0.15) is 0 Å². The van der Waals surface area contributed by atoms with Crippen molar-refractivity contribution in [1.29, 1.82) is 0 Å². The average molecular weight is 339 g/mol. The van der Waals surface area contributed by atoms with Crippen molar-refractivity contribution in [3.8, 4) is 0 Å². The molecule has 1 aromatic carbocycles. The summed E-state index contributed by atoms with van der Waals surface area (Å²) in [6.07, 6.45) is 0. The molecule has 0 fully saturated rings. The largest absolute Gasteiger partial charge is 0.336 e. The molecule has 0 radical (unpaired) electrons. The Morgan fingerprint density at radius 2 is 1.76 bits per heavy atom. The fourth-order valence-electron chi connectivity index (χ4n) is 1.24. The molecule has 17 heavy (non-hydrogen) atoms. The molecular weight excluding hydrogens is 325 g/mol. The van der Waals surface area contributed by atoms with Crippen LogP contribution in [0.15, 0.2) is 18.2 Å². The number of rotatable bonds is 3. The van der Waals surface area contributed by atoms with Crippen LogP contribution >= 0.6 is 39.1 Å². The highest BCUT2D eigenvalue weighted by molar-refractivity contribution is 9.09. The Hall–Kier alpha value is -0.250. The van der Waals surface area contributed by atoms with Crippen molar-refractivity contribution in [2.45, 2.75) is 19.4 Å². The SMILES string of the molecule is CN(C(=O)c1cc(Cl)cc(Cl)c1)C(C)(C)CBr. The lowest BCUT2D eigenvalue weighted by molar-refractivity contribution is 0.0663. The van der Waals surface area contributed by atoms with E-state index in [0.717, 1.165) is 0 Å². The van der Waals surface area contributed by atoms with E-state index in [1.807, 2.05) is 13.8 Å². The van der Waals surface area contributed by atoms with Crippen LogP contribution in [0.4, 0.5) is 0 Å². The number of carbonyl (C=O) groups excluding carboxylic acids is 1. The standard InChI is InChI=1S/C12H14BrCl2NO/c1-12(2,7-13)16(3)11(17)8-4-9(14)6-10(15)5-8/h4-6H,7H2,1-3H3. The first-order chi connectivity index (χ1) is 7.77. The van der Waals surface area contributed by atoms with Crippen LogP contribution in [0.2, 0.25) is 10.0 Å². The van der Waals surface area contributed by atoms with Crippen LogP contribution in [0, 0.1) is 0 Å². The van der Waals surface area contributed by atoms with E-state index in [4.69, 9.17) is 23.2 Å². The molecule has 0 aromatic heterocycles. The van der Waals surface area contributed by atoms with Gasteiger partial charge < -0.3 is 4.90 Å². The molecule has 1 aromatic rings. The fraction of sp³-hybridized carbons (Fsp3) is 0.417. The highest BCUT2D eigenvalue weighted by Crippen LogP contribution is 2.23. The third-order valence-electron chi connectivity index (χ3n) is 2.65. The number of benzene rings is 1. The first-order valence-electron chi connectivity index (χ1n) is 5.08. The van der Waals surface area contributed by atoms with Crippen LogP contribution in [0.25, 0.3) is 0 Å². The first-order valence-corrected chi connectivity index (χ1v) is 6.96. The van der Waals surface area contributed by atoms with Gasteiger partial charge in [0, 0.05) is 33.5 Å². The van der Waals surface area contributed by atoms with Gasteiger partial charge >= 0.3 is 0 Å². The molecule has 94 valence electrons. The summed E-state index contributed by atoms with van der Waals surface area (Å²) in [5.74, 6) is -0.0983. The highest BCUT2D eigenvalue weighted by Gasteiger charge is 2.27. The van der Waals surface area contributed by atoms with E-state index in [0.29, 0.717) is 20.9 Å². The van der Waals surface area contributed by atoms with E-state index in [1.165, 1.54) is 0 Å². The van der Waals surface area contributed by atoms with Crippen LogP contribution in [-0.2, 0) is 0 Å². The third kappa shape index (κ3) is 3.60. The van der Waals surface area contributed by atoms with E-state index >= 15 is 0 Å². The Morgan fingerprint density at radius 3 is 2.18 bits per heavy atom. The predicted octanol–water partition coefficient (Wildman–Crippen LogP) is 4.24. The van der Waals surface area contributed by atoms with Crippen molar-refractivity contribution in [2.24, 2.45) is 0 Å². The molecule has 0 saturated carbocycles. The molecular formula is C12H14BrCl2NO. The second-order valence-electron chi connectivity index (χ2n) is 4.47. The minimum absolute atomic E-state index is 0.0983. The molecule has 0 aliphatic heterocycles. The van der Waals surface area contributed by atoms with E-state index in [2.05, 4.69) is 15.9 Å². The summed E-state index contributed by atoms with van der Waals surface area (Å²) in [7, 11) is 1.76. The zero-order valence-electron chi connectivity index (χ0n) is 9.93. The lowest BCUT2D eigenvalue weighted by Crippen LogP contribution is -2.46. The first kappa shape index (κ1) is 14.8. The molecule has 2 nitrogen and oxygen atoms in total. The summed E-state index contributed by atoms with van der Waals surface area (Å²) in [6, 6.07) is 4.85. The van der Waals surface area contributed by atoms with Gasteiger partial charge in [-0.05, 0) is 32.0 Å². The molecule has 0 saturated heterocycles. The van der Waals surface area contributed by atoms with Crippen LogP contribution in [0.1, 0.15) is 24.2 Å². The minimum atomic E-state index is -0.272. The number of hydrogen-bond acceptors (Lipinski definition) is 1. The van der Waals surface area contributed by atoms with E-state index < -0.39 is 0 Å². The van der Waals surface area contributed by atoms with Crippen molar-refractivity contribution in [2.75, 3.05) is 12.4 Å². The predicted molar refractivity (Wildman–Crippen MR) is 76.4 cm³/mol. The smallest absolute Gasteiger partial charge is 0.254 e. The van der Waals surface area contributed by atoms with Crippen LogP contribution < -0.4 is 0 Å². The molecule has 0 aliphatic carbocycles. The number of halogens is 3. The van der Waals surface area contributed by atoms with Gasteiger partial charge in [-0.3, -0.25) is 4.79 Å². The van der Waals surface area contributed by atoms with Crippen molar-refractivity contribution in [1.82, 2.24) is 4.90 Å². The molecule has 0 N–H and O–H groups in total. The van der Waals surface area contributed by atoms with Gasteiger partial charge in [0.25, 0.3) is 5.91 Å². The molecule has 0 aliphatic rings. The maximum atomic E-state index is 12.2. The number of carbonyl (C=O) groups is 1. The lowest BCUT2D eigenvalue weighted by Gasteiger charge is -2.34. The Morgan fingerprint density at radius 1 is 1.29 bits per heavy atom. The number of nitrogens with zero attached hydrogens (tertiary/aromatic N) is 1. The van der Waals surface area contributed by atoms with Gasteiger partial charge in [-0.25, -0.2) is 0 Å². The van der Waals surface area contributed by atoms with Crippen molar-refractivity contribution >= 4 is 45.0 Å². The minimum Gasteiger partial charge on any atom is -0.336 e. The van der Waals surface area contributed by atoms with E-state index in [-0.39, 0.29) is 11.4 Å². The Bertz CT molecular complexity index is 414. The quantitative estimate of drug-likeness (QED) is 0.755. The number of amides is 1. The summed E-state index contributed by atoms with van der Waals surface area (Å²) in [6.45, 7) is 3.96. The Labute approximate surface area is 120 Å². The Kier molecular flexibility index (Phi) is 4.87. The van der Waals surface area contributed by atoms with Crippen molar-refractivity contribution in [3.63, 3.8) is 0 Å². The second kappa shape index (κ2) is 5.59. The average Bonchev–Trinajstić information content (AvgIpc) is 2.25. The van der Waals surface area contributed by atoms with Crippen molar-refractivity contribution < 1.29 is 4.79 Å². The maximum absolute atomic E-state index is 12.2. The summed E-state index contributed by atoms with van der Waals surface area (Å²) < 4.78 is 0. The van der Waals surface area contributed by atoms with E-state index in [1.54, 1.807) is 30.1 Å². The molecule has 5 heteroatoms. The van der Waals surface area contributed by atoms with Gasteiger partial charge in [0.15, 0.2) is 0 Å². The monoisotopic (exact) mass is 337 g/mol. The van der Waals surface area contributed by atoms with E-state index in [9.17, 15) is 4.79 Å². The molecule has 0 heterocycles. The van der Waals surface area contributed by atoms with Crippen LogP contribution in [-0.4, -0.2) is 28.7 Å².